The van der Waals surface area contributed by atoms with E-state index in [1.165, 1.54) is 17.3 Å². The number of carbonyl (C=O) groups excluding carboxylic acids is 2. The number of rotatable bonds is 6. The number of benzene rings is 3. The third-order valence-corrected chi connectivity index (χ3v) is 6.51. The van der Waals surface area contributed by atoms with E-state index < -0.39 is 0 Å². The third-order valence-electron chi connectivity index (χ3n) is 5.43. The van der Waals surface area contributed by atoms with E-state index >= 15 is 0 Å². The van der Waals surface area contributed by atoms with Gasteiger partial charge in [0.05, 0.1) is 17.1 Å². The van der Waals surface area contributed by atoms with Gasteiger partial charge in [0.15, 0.2) is 0 Å². The molecule has 2 amide bonds. The molecule has 0 fully saturated rings. The minimum atomic E-state index is -0.0764. The molecule has 1 aliphatic heterocycles. The predicted molar refractivity (Wildman–Crippen MR) is 132 cm³/mol. The average molecular weight is 443 g/mol. The van der Waals surface area contributed by atoms with Gasteiger partial charge in [-0.2, -0.15) is 0 Å². The highest BCUT2D eigenvalue weighted by Crippen LogP contribution is 2.42. The molecule has 0 spiro atoms. The molecule has 0 radical (unpaired) electrons. The summed E-state index contributed by atoms with van der Waals surface area (Å²) < 4.78 is 0. The highest BCUT2D eigenvalue weighted by molar-refractivity contribution is 8.04. The molecule has 0 atom stereocenters. The topological polar surface area (TPSA) is 49.4 Å². The Hall–Kier alpha value is -3.31. The SMILES string of the molecule is CCCNC(=O)c1ccc(/C=C2/Sc3ccccc3N(Cc3ccccc3C)C2=O)cc1. The number of carbonyl (C=O) groups is 2. The van der Waals surface area contributed by atoms with Crippen LogP contribution in [0.3, 0.4) is 0 Å². The second kappa shape index (κ2) is 9.88. The maximum Gasteiger partial charge on any atom is 0.265 e. The van der Waals surface area contributed by atoms with Crippen molar-refractivity contribution in [3.8, 4) is 0 Å². The molecular weight excluding hydrogens is 416 g/mol. The zero-order valence-electron chi connectivity index (χ0n) is 18.3. The molecule has 0 saturated carbocycles. The number of nitrogens with one attached hydrogen (secondary N) is 1. The van der Waals surface area contributed by atoms with Crippen LogP contribution in [0, 0.1) is 6.92 Å². The van der Waals surface area contributed by atoms with Crippen molar-refractivity contribution in [1.82, 2.24) is 5.32 Å². The number of nitrogens with zero attached hydrogens (tertiary/aromatic N) is 1. The van der Waals surface area contributed by atoms with E-state index in [9.17, 15) is 9.59 Å². The van der Waals surface area contributed by atoms with Gasteiger partial charge in [0.2, 0.25) is 0 Å². The van der Waals surface area contributed by atoms with Crippen LogP contribution in [-0.2, 0) is 11.3 Å². The average Bonchev–Trinajstić information content (AvgIpc) is 2.82. The first kappa shape index (κ1) is 21.9. The highest BCUT2D eigenvalue weighted by Gasteiger charge is 2.29. The molecule has 4 nitrogen and oxygen atoms in total. The monoisotopic (exact) mass is 442 g/mol. The van der Waals surface area contributed by atoms with Crippen LogP contribution < -0.4 is 10.2 Å². The Morgan fingerprint density at radius 1 is 1.00 bits per heavy atom. The van der Waals surface area contributed by atoms with Crippen molar-refractivity contribution in [2.45, 2.75) is 31.7 Å². The Labute approximate surface area is 193 Å². The van der Waals surface area contributed by atoms with Crippen LogP contribution in [0.15, 0.2) is 82.6 Å². The molecule has 162 valence electrons. The second-order valence-electron chi connectivity index (χ2n) is 7.77. The molecule has 4 rings (SSSR count). The second-order valence-corrected chi connectivity index (χ2v) is 8.86. The summed E-state index contributed by atoms with van der Waals surface area (Å²) in [4.78, 5) is 29.2. The van der Waals surface area contributed by atoms with E-state index in [2.05, 4.69) is 24.4 Å². The van der Waals surface area contributed by atoms with Crippen LogP contribution in [0.1, 0.15) is 40.4 Å². The van der Waals surface area contributed by atoms with Gasteiger partial charge in [-0.15, -0.1) is 0 Å². The first-order chi connectivity index (χ1) is 15.6. The van der Waals surface area contributed by atoms with Crippen LogP contribution in [0.25, 0.3) is 6.08 Å². The van der Waals surface area contributed by atoms with Crippen LogP contribution >= 0.6 is 11.8 Å². The van der Waals surface area contributed by atoms with Gasteiger partial charge in [-0.1, -0.05) is 67.2 Å². The molecule has 0 aromatic heterocycles. The predicted octanol–water partition coefficient (Wildman–Crippen LogP) is 5.81. The molecule has 0 saturated heterocycles. The van der Waals surface area contributed by atoms with Crippen LogP contribution in [0.5, 0.6) is 0 Å². The van der Waals surface area contributed by atoms with Gasteiger partial charge in [-0.25, -0.2) is 0 Å². The summed E-state index contributed by atoms with van der Waals surface area (Å²) >= 11 is 1.49. The molecule has 1 heterocycles. The zero-order valence-corrected chi connectivity index (χ0v) is 19.1. The van der Waals surface area contributed by atoms with Crippen molar-refractivity contribution in [2.75, 3.05) is 11.4 Å². The Bertz CT molecular complexity index is 1170. The smallest absolute Gasteiger partial charge is 0.265 e. The number of amides is 2. The van der Waals surface area contributed by atoms with E-state index in [-0.39, 0.29) is 11.8 Å². The maximum atomic E-state index is 13.5. The number of thioether (sulfide) groups is 1. The lowest BCUT2D eigenvalue weighted by Gasteiger charge is -2.31. The standard InChI is InChI=1S/C27H26N2O2S/c1-3-16-28-26(30)21-14-12-20(13-15-21)17-25-27(31)29(18-22-9-5-4-8-19(22)2)23-10-6-7-11-24(23)32-25/h4-15,17H,3,16,18H2,1-2H3,(H,28,30)/b25-17+. The van der Waals surface area contributed by atoms with E-state index in [1.807, 2.05) is 66.4 Å². The van der Waals surface area contributed by atoms with Crippen molar-refractivity contribution in [1.29, 1.82) is 0 Å². The van der Waals surface area contributed by atoms with Crippen LogP contribution in [0.4, 0.5) is 5.69 Å². The summed E-state index contributed by atoms with van der Waals surface area (Å²) in [5, 5.41) is 2.88. The molecule has 0 unspecified atom stereocenters. The quantitative estimate of drug-likeness (QED) is 0.490. The molecule has 0 aliphatic carbocycles. The molecule has 32 heavy (non-hydrogen) atoms. The summed E-state index contributed by atoms with van der Waals surface area (Å²) in [5.74, 6) is -0.0887. The minimum Gasteiger partial charge on any atom is -0.352 e. The maximum absolute atomic E-state index is 13.5. The van der Waals surface area contributed by atoms with Crippen molar-refractivity contribution in [3.05, 3.63) is 100.0 Å². The lowest BCUT2D eigenvalue weighted by molar-refractivity contribution is -0.114. The van der Waals surface area contributed by atoms with Crippen molar-refractivity contribution >= 4 is 35.3 Å². The van der Waals surface area contributed by atoms with E-state index in [0.29, 0.717) is 23.6 Å². The number of aryl methyl sites for hydroxylation is 1. The zero-order chi connectivity index (χ0) is 22.5. The van der Waals surface area contributed by atoms with Gasteiger partial charge >= 0.3 is 0 Å². The number of fused-ring (bicyclic) bond motifs is 1. The summed E-state index contributed by atoms with van der Waals surface area (Å²) in [6.45, 7) is 5.27. The Morgan fingerprint density at radius 3 is 2.47 bits per heavy atom. The van der Waals surface area contributed by atoms with Crippen molar-refractivity contribution in [3.63, 3.8) is 0 Å². The molecule has 1 aliphatic rings. The first-order valence-electron chi connectivity index (χ1n) is 10.8. The number of hydrogen-bond acceptors (Lipinski definition) is 3. The van der Waals surface area contributed by atoms with Gasteiger partial charge in [0.1, 0.15) is 0 Å². The number of anilines is 1. The lowest BCUT2D eigenvalue weighted by Crippen LogP contribution is -2.33. The summed E-state index contributed by atoms with van der Waals surface area (Å²) in [6, 6.07) is 23.5. The number of hydrogen-bond donors (Lipinski definition) is 1. The number of para-hydroxylation sites is 1. The summed E-state index contributed by atoms with van der Waals surface area (Å²) in [5.41, 5.74) is 4.74. The van der Waals surface area contributed by atoms with Crippen LogP contribution in [0.2, 0.25) is 0 Å². The van der Waals surface area contributed by atoms with Gasteiger partial charge in [-0.05, 0) is 60.4 Å². The van der Waals surface area contributed by atoms with Crippen molar-refractivity contribution < 1.29 is 9.59 Å². The van der Waals surface area contributed by atoms with Gasteiger partial charge in [0, 0.05) is 17.0 Å². The highest BCUT2D eigenvalue weighted by atomic mass is 32.2. The van der Waals surface area contributed by atoms with Gasteiger partial charge in [-0.3, -0.25) is 9.59 Å². The summed E-state index contributed by atoms with van der Waals surface area (Å²) in [7, 11) is 0. The first-order valence-corrected chi connectivity index (χ1v) is 11.6. The largest absolute Gasteiger partial charge is 0.352 e. The summed E-state index contributed by atoms with van der Waals surface area (Å²) in [6.07, 6.45) is 2.80. The minimum absolute atomic E-state index is 0.0123. The fourth-order valence-electron chi connectivity index (χ4n) is 3.60. The lowest BCUT2D eigenvalue weighted by atomic mass is 10.1. The van der Waals surface area contributed by atoms with Gasteiger partial charge < -0.3 is 10.2 Å². The Kier molecular flexibility index (Phi) is 6.76. The Balaban J connectivity index is 1.62. The van der Waals surface area contributed by atoms with Crippen LogP contribution in [-0.4, -0.2) is 18.4 Å². The van der Waals surface area contributed by atoms with E-state index in [4.69, 9.17) is 0 Å². The van der Waals surface area contributed by atoms with E-state index in [0.717, 1.165) is 28.1 Å². The third kappa shape index (κ3) is 4.78. The molecule has 1 N–H and O–H groups in total. The fraction of sp³-hybridized carbons (Fsp3) is 0.185. The normalized spacial score (nSPS) is 14.4. The Morgan fingerprint density at radius 2 is 1.72 bits per heavy atom. The molecule has 0 bridgehead atoms. The molecular formula is C27H26N2O2S. The fourth-order valence-corrected chi connectivity index (χ4v) is 4.66. The van der Waals surface area contributed by atoms with Crippen molar-refractivity contribution in [2.24, 2.45) is 0 Å². The molecule has 5 heteroatoms. The molecule has 3 aromatic carbocycles. The molecule has 3 aromatic rings. The van der Waals surface area contributed by atoms with Gasteiger partial charge in [0.25, 0.3) is 11.8 Å². The van der Waals surface area contributed by atoms with E-state index in [1.54, 1.807) is 12.1 Å².